The SMILES string of the molecule is CC/C=C\C/C=C\C/C=C\C/C=C\C/C=C\C/C=C\CCC(=O)OC(COCCC(C(=O)O)[N+](C)(C)C)COC(=O)CCCCCCCCCCCCC. The predicted octanol–water partition coefficient (Wildman–Crippen LogP) is 11.2. The normalized spacial score (nSPS) is 13.7. The third-order valence-corrected chi connectivity index (χ3v) is 8.88. The van der Waals surface area contributed by atoms with Gasteiger partial charge in [-0.3, -0.25) is 9.59 Å². The van der Waals surface area contributed by atoms with Crippen LogP contribution in [0.4, 0.5) is 0 Å². The van der Waals surface area contributed by atoms with Gasteiger partial charge in [-0.1, -0.05) is 151 Å². The fourth-order valence-corrected chi connectivity index (χ4v) is 5.65. The van der Waals surface area contributed by atoms with E-state index in [1.54, 1.807) is 0 Å². The van der Waals surface area contributed by atoms with E-state index in [-0.39, 0.29) is 42.7 Å². The largest absolute Gasteiger partial charge is 0.477 e. The lowest BCUT2D eigenvalue weighted by Gasteiger charge is -2.31. The summed E-state index contributed by atoms with van der Waals surface area (Å²) in [6.07, 6.45) is 45.3. The molecule has 0 rings (SSSR count). The first kappa shape index (κ1) is 50.8. The lowest BCUT2D eigenvalue weighted by molar-refractivity contribution is -0.887. The van der Waals surface area contributed by atoms with Crippen LogP contribution in [-0.2, 0) is 28.6 Å². The summed E-state index contributed by atoms with van der Waals surface area (Å²) in [5, 5.41) is 9.60. The number of likely N-dealkylation sites (N-methyl/N-ethyl adjacent to an activating group) is 1. The number of hydrogen-bond acceptors (Lipinski definition) is 6. The second-order valence-corrected chi connectivity index (χ2v) is 14.9. The van der Waals surface area contributed by atoms with Crippen LogP contribution >= 0.6 is 0 Å². The van der Waals surface area contributed by atoms with E-state index in [1.165, 1.54) is 51.4 Å². The molecule has 0 fully saturated rings. The Hall–Kier alpha value is -3.23. The number of carboxylic acids is 1. The monoisotopic (exact) mass is 757 g/mol. The Labute approximate surface area is 330 Å². The number of carbonyl (C=O) groups excluding carboxylic acids is 2. The predicted molar refractivity (Wildman–Crippen MR) is 224 cm³/mol. The topological polar surface area (TPSA) is 99.1 Å². The highest BCUT2D eigenvalue weighted by molar-refractivity contribution is 5.72. The molecule has 308 valence electrons. The zero-order valence-electron chi connectivity index (χ0n) is 34.9. The van der Waals surface area contributed by atoms with Gasteiger partial charge in [0.1, 0.15) is 6.61 Å². The Morgan fingerprint density at radius 1 is 0.574 bits per heavy atom. The van der Waals surface area contributed by atoms with Crippen molar-refractivity contribution in [1.82, 2.24) is 0 Å². The molecule has 2 atom stereocenters. The number of carboxylic acid groups (broad SMARTS) is 1. The van der Waals surface area contributed by atoms with E-state index in [4.69, 9.17) is 14.2 Å². The molecule has 54 heavy (non-hydrogen) atoms. The molecule has 0 bridgehead atoms. The minimum absolute atomic E-state index is 0.0286. The molecule has 8 nitrogen and oxygen atoms in total. The van der Waals surface area contributed by atoms with Gasteiger partial charge in [0.2, 0.25) is 0 Å². The number of hydrogen-bond donors (Lipinski definition) is 1. The van der Waals surface area contributed by atoms with Crippen LogP contribution in [-0.4, -0.2) is 80.6 Å². The number of allylic oxidation sites excluding steroid dienone is 12. The van der Waals surface area contributed by atoms with Crippen LogP contribution in [0.1, 0.15) is 149 Å². The van der Waals surface area contributed by atoms with Crippen molar-refractivity contribution in [1.29, 1.82) is 0 Å². The zero-order chi connectivity index (χ0) is 40.0. The molecule has 0 spiro atoms. The molecule has 0 radical (unpaired) electrons. The molecule has 0 aliphatic heterocycles. The van der Waals surface area contributed by atoms with Crippen molar-refractivity contribution >= 4 is 17.9 Å². The van der Waals surface area contributed by atoms with Crippen LogP contribution in [0.15, 0.2) is 72.9 Å². The first-order valence-electron chi connectivity index (χ1n) is 21.0. The van der Waals surface area contributed by atoms with Crippen molar-refractivity contribution in [2.24, 2.45) is 0 Å². The number of esters is 2. The van der Waals surface area contributed by atoms with Gasteiger partial charge in [-0.25, -0.2) is 4.79 Å². The lowest BCUT2D eigenvalue weighted by Crippen LogP contribution is -2.50. The quantitative estimate of drug-likeness (QED) is 0.0294. The summed E-state index contributed by atoms with van der Waals surface area (Å²) in [5.74, 6) is -1.58. The minimum Gasteiger partial charge on any atom is -0.477 e. The van der Waals surface area contributed by atoms with Crippen LogP contribution in [0.3, 0.4) is 0 Å². The van der Waals surface area contributed by atoms with Crippen LogP contribution in [0.2, 0.25) is 0 Å². The van der Waals surface area contributed by atoms with Crippen LogP contribution in [0.5, 0.6) is 0 Å². The number of carbonyl (C=O) groups is 3. The number of unbranched alkanes of at least 4 members (excludes halogenated alkanes) is 10. The molecular formula is C46H78NO7+. The van der Waals surface area contributed by atoms with Crippen LogP contribution < -0.4 is 0 Å². The standard InChI is InChI=1S/C46H77NO7/c1-6-8-10-12-14-16-18-19-20-21-22-23-24-25-27-29-31-33-35-37-45(49)54-42(40-52-39-38-43(46(50)51)47(3,4)5)41-53-44(48)36-34-32-30-28-26-17-15-13-11-9-7-2/h8,10,14,16,19-20,22-23,25,27,31,33,42-43H,6-7,9,11-13,15,17-18,21,24,26,28-30,32,34-41H2,1-5H3/p+1/b10-8-,16-14-,20-19-,23-22-,27-25-,33-31-. The third kappa shape index (κ3) is 34.5. The maximum absolute atomic E-state index is 12.7. The van der Waals surface area contributed by atoms with Crippen molar-refractivity contribution in [3.63, 3.8) is 0 Å². The van der Waals surface area contributed by atoms with Crippen molar-refractivity contribution in [2.45, 2.75) is 161 Å². The second kappa shape index (κ2) is 36.7. The highest BCUT2D eigenvalue weighted by Gasteiger charge is 2.31. The maximum Gasteiger partial charge on any atom is 0.362 e. The van der Waals surface area contributed by atoms with E-state index in [2.05, 4.69) is 74.6 Å². The summed E-state index contributed by atoms with van der Waals surface area (Å²) in [5.41, 5.74) is 0. The smallest absolute Gasteiger partial charge is 0.362 e. The minimum atomic E-state index is -0.889. The summed E-state index contributed by atoms with van der Waals surface area (Å²) in [4.78, 5) is 36.8. The summed E-state index contributed by atoms with van der Waals surface area (Å²) >= 11 is 0. The fraction of sp³-hybridized carbons (Fsp3) is 0.674. The second-order valence-electron chi connectivity index (χ2n) is 14.9. The summed E-state index contributed by atoms with van der Waals surface area (Å²) in [6.45, 7) is 4.51. The Morgan fingerprint density at radius 3 is 1.50 bits per heavy atom. The van der Waals surface area contributed by atoms with Gasteiger partial charge in [-0.15, -0.1) is 0 Å². The van der Waals surface area contributed by atoms with Crippen LogP contribution in [0.25, 0.3) is 0 Å². The van der Waals surface area contributed by atoms with E-state index in [0.29, 0.717) is 19.3 Å². The molecule has 0 aliphatic rings. The summed E-state index contributed by atoms with van der Waals surface area (Å²) < 4.78 is 17.1. The number of nitrogens with zero attached hydrogens (tertiary/aromatic N) is 1. The molecule has 0 saturated heterocycles. The zero-order valence-corrected chi connectivity index (χ0v) is 34.9. The molecule has 0 saturated carbocycles. The summed E-state index contributed by atoms with van der Waals surface area (Å²) in [7, 11) is 5.49. The molecule has 0 aromatic carbocycles. The van der Waals surface area contributed by atoms with Gasteiger partial charge in [0, 0.05) is 19.3 Å². The first-order valence-corrected chi connectivity index (χ1v) is 21.0. The highest BCUT2D eigenvalue weighted by atomic mass is 16.6. The number of ether oxygens (including phenoxy) is 3. The van der Waals surface area contributed by atoms with Crippen molar-refractivity contribution in [2.75, 3.05) is 41.0 Å². The maximum atomic E-state index is 12.7. The molecule has 0 aromatic heterocycles. The van der Waals surface area contributed by atoms with Crippen molar-refractivity contribution < 1.29 is 38.2 Å². The van der Waals surface area contributed by atoms with Crippen LogP contribution in [0, 0.1) is 0 Å². The van der Waals surface area contributed by atoms with Gasteiger partial charge in [0.05, 0.1) is 34.4 Å². The first-order chi connectivity index (χ1) is 26.1. The highest BCUT2D eigenvalue weighted by Crippen LogP contribution is 2.13. The Kier molecular flexibility index (Phi) is 34.5. The van der Waals surface area contributed by atoms with Gasteiger partial charge in [-0.05, 0) is 51.4 Å². The van der Waals surface area contributed by atoms with Gasteiger partial charge in [0.25, 0.3) is 0 Å². The van der Waals surface area contributed by atoms with Gasteiger partial charge < -0.3 is 23.8 Å². The van der Waals surface area contributed by atoms with E-state index in [1.807, 2.05) is 33.3 Å². The Morgan fingerprint density at radius 2 is 1.04 bits per heavy atom. The molecular weight excluding hydrogens is 679 g/mol. The summed E-state index contributed by atoms with van der Waals surface area (Å²) in [6, 6.07) is -0.629. The molecule has 1 N–H and O–H groups in total. The number of quaternary nitrogens is 1. The van der Waals surface area contributed by atoms with Gasteiger partial charge in [-0.2, -0.15) is 0 Å². The molecule has 0 aliphatic carbocycles. The Balaban J connectivity index is 4.51. The number of rotatable bonds is 36. The molecule has 2 unspecified atom stereocenters. The van der Waals surface area contributed by atoms with Crippen molar-refractivity contribution in [3.05, 3.63) is 72.9 Å². The molecule has 0 heterocycles. The Bertz CT molecular complexity index is 1110. The van der Waals surface area contributed by atoms with E-state index >= 15 is 0 Å². The third-order valence-electron chi connectivity index (χ3n) is 8.88. The lowest BCUT2D eigenvalue weighted by atomic mass is 10.1. The molecule has 0 amide bonds. The molecule has 8 heteroatoms. The van der Waals surface area contributed by atoms with Gasteiger partial charge >= 0.3 is 17.9 Å². The average Bonchev–Trinajstić information content (AvgIpc) is 3.12. The number of aliphatic carboxylic acids is 1. The average molecular weight is 757 g/mol. The fourth-order valence-electron chi connectivity index (χ4n) is 5.65. The van der Waals surface area contributed by atoms with E-state index < -0.39 is 18.1 Å². The van der Waals surface area contributed by atoms with E-state index in [0.717, 1.165) is 57.8 Å². The van der Waals surface area contributed by atoms with Crippen molar-refractivity contribution in [3.8, 4) is 0 Å². The van der Waals surface area contributed by atoms with Gasteiger partial charge in [0.15, 0.2) is 12.1 Å². The van der Waals surface area contributed by atoms with E-state index in [9.17, 15) is 19.5 Å². The molecule has 0 aromatic rings.